The zero-order valence-corrected chi connectivity index (χ0v) is 15.1. The molecule has 0 aromatic carbocycles. The number of nitrogens with zero attached hydrogens (tertiary/aromatic N) is 4. The molecule has 0 bridgehead atoms. The van der Waals surface area contributed by atoms with Crippen molar-refractivity contribution >= 4 is 23.6 Å². The highest BCUT2D eigenvalue weighted by Crippen LogP contribution is 2.18. The van der Waals surface area contributed by atoms with Gasteiger partial charge in [0.05, 0.1) is 23.3 Å². The van der Waals surface area contributed by atoms with Crippen LogP contribution in [0.5, 0.6) is 0 Å². The van der Waals surface area contributed by atoms with Crippen LogP contribution in [0.15, 0.2) is 24.5 Å². The molecule has 3 rings (SSSR count). The number of nitrogens with one attached hydrogen (secondary N) is 1. The monoisotopic (exact) mass is 377 g/mol. The molecule has 1 saturated heterocycles. The zero-order chi connectivity index (χ0) is 18.7. The van der Waals surface area contributed by atoms with Crippen LogP contribution in [-0.2, 0) is 11.3 Å². The Labute approximate surface area is 155 Å². The first-order chi connectivity index (χ1) is 12.4. The number of halogens is 1. The van der Waals surface area contributed by atoms with E-state index in [9.17, 15) is 9.59 Å². The third-order valence-corrected chi connectivity index (χ3v) is 4.55. The Morgan fingerprint density at radius 2 is 2.23 bits per heavy atom. The Kier molecular flexibility index (Phi) is 5.41. The zero-order valence-electron chi connectivity index (χ0n) is 14.4. The normalized spacial score (nSPS) is 17.2. The highest BCUT2D eigenvalue weighted by molar-refractivity contribution is 6.30. The second kappa shape index (κ2) is 7.74. The molecule has 0 spiro atoms. The van der Waals surface area contributed by atoms with Crippen LogP contribution >= 0.6 is 11.6 Å². The van der Waals surface area contributed by atoms with E-state index in [1.54, 1.807) is 15.8 Å². The van der Waals surface area contributed by atoms with Gasteiger partial charge >= 0.3 is 12.0 Å². The van der Waals surface area contributed by atoms with Crippen molar-refractivity contribution in [3.63, 3.8) is 0 Å². The number of urea groups is 1. The molecule has 26 heavy (non-hydrogen) atoms. The first kappa shape index (κ1) is 18.2. The van der Waals surface area contributed by atoms with Gasteiger partial charge in [0.1, 0.15) is 0 Å². The summed E-state index contributed by atoms with van der Waals surface area (Å²) in [6.07, 6.45) is 4.46. The molecular formula is C17H20ClN5O3. The van der Waals surface area contributed by atoms with E-state index < -0.39 is 11.9 Å². The van der Waals surface area contributed by atoms with Gasteiger partial charge in [0.15, 0.2) is 5.82 Å². The maximum absolute atomic E-state index is 12.4. The van der Waals surface area contributed by atoms with E-state index in [0.29, 0.717) is 30.2 Å². The summed E-state index contributed by atoms with van der Waals surface area (Å²) >= 11 is 5.94. The number of rotatable bonds is 4. The molecule has 0 saturated carbocycles. The molecular weight excluding hydrogens is 358 g/mol. The minimum atomic E-state index is -0.858. The summed E-state index contributed by atoms with van der Waals surface area (Å²) in [6.45, 7) is 2.92. The van der Waals surface area contributed by atoms with Crippen LogP contribution in [0.3, 0.4) is 0 Å². The second-order valence-electron chi connectivity index (χ2n) is 6.32. The van der Waals surface area contributed by atoms with Crippen LogP contribution in [0.4, 0.5) is 4.79 Å². The lowest BCUT2D eigenvalue weighted by molar-refractivity contribution is -0.143. The van der Waals surface area contributed by atoms with Crippen molar-refractivity contribution < 1.29 is 14.7 Å². The Morgan fingerprint density at radius 1 is 1.42 bits per heavy atom. The summed E-state index contributed by atoms with van der Waals surface area (Å²) in [5.41, 5.74) is 1.61. The molecule has 8 nitrogen and oxygen atoms in total. The van der Waals surface area contributed by atoms with E-state index in [4.69, 9.17) is 16.7 Å². The van der Waals surface area contributed by atoms with Crippen molar-refractivity contribution in [1.82, 2.24) is 25.0 Å². The third kappa shape index (κ3) is 4.13. The maximum Gasteiger partial charge on any atom is 0.317 e. The predicted molar refractivity (Wildman–Crippen MR) is 95.3 cm³/mol. The van der Waals surface area contributed by atoms with Crippen LogP contribution in [0, 0.1) is 12.8 Å². The fraction of sp³-hybridized carbons (Fsp3) is 0.412. The molecule has 0 radical (unpaired) electrons. The van der Waals surface area contributed by atoms with Crippen molar-refractivity contribution in [2.45, 2.75) is 26.3 Å². The van der Waals surface area contributed by atoms with E-state index >= 15 is 0 Å². The quantitative estimate of drug-likeness (QED) is 0.851. The lowest BCUT2D eigenvalue weighted by Gasteiger charge is -2.30. The number of hydrogen-bond donors (Lipinski definition) is 2. The van der Waals surface area contributed by atoms with Crippen LogP contribution < -0.4 is 5.32 Å². The Balaban J connectivity index is 1.70. The number of aliphatic carboxylic acids is 1. The number of aromatic nitrogens is 3. The molecule has 2 aromatic heterocycles. The van der Waals surface area contributed by atoms with E-state index in [0.717, 1.165) is 11.3 Å². The lowest BCUT2D eigenvalue weighted by Crippen LogP contribution is -2.46. The number of carbonyl (C=O) groups is 2. The summed E-state index contributed by atoms with van der Waals surface area (Å²) in [5.74, 6) is -0.764. The number of piperidine rings is 1. The highest BCUT2D eigenvalue weighted by atomic mass is 35.5. The topological polar surface area (TPSA) is 100 Å². The number of carbonyl (C=O) groups excluding carboxylic acids is 1. The summed E-state index contributed by atoms with van der Waals surface area (Å²) in [4.78, 5) is 29.6. The van der Waals surface area contributed by atoms with Crippen molar-refractivity contribution in [3.8, 4) is 5.82 Å². The average Bonchev–Trinajstić information content (AvgIpc) is 3.06. The largest absolute Gasteiger partial charge is 0.481 e. The molecule has 1 aliphatic heterocycles. The highest BCUT2D eigenvalue weighted by Gasteiger charge is 2.28. The Hall–Kier alpha value is -2.61. The van der Waals surface area contributed by atoms with Crippen molar-refractivity contribution in [2.75, 3.05) is 13.1 Å². The molecule has 2 amide bonds. The Morgan fingerprint density at radius 3 is 2.92 bits per heavy atom. The predicted octanol–water partition coefficient (Wildman–Crippen LogP) is 2.24. The molecule has 2 aromatic rings. The van der Waals surface area contributed by atoms with Gasteiger partial charge in [-0.05, 0) is 25.8 Å². The number of pyridine rings is 1. The van der Waals surface area contributed by atoms with Crippen LogP contribution in [0.25, 0.3) is 5.82 Å². The van der Waals surface area contributed by atoms with Gasteiger partial charge in [0.25, 0.3) is 0 Å². The fourth-order valence-corrected chi connectivity index (χ4v) is 3.11. The standard InChI is InChI=1S/C17H20ClN5O3/c1-11-4-5-12(15(21-11)23-10-14(18)8-20-23)7-19-17(26)22-6-2-3-13(9-22)16(24)25/h4-5,8,10,13H,2-3,6-7,9H2,1H3,(H,19,26)(H,24,25). The van der Waals surface area contributed by atoms with Crippen LogP contribution in [-0.4, -0.2) is 49.9 Å². The van der Waals surface area contributed by atoms with Gasteiger partial charge in [-0.1, -0.05) is 17.7 Å². The van der Waals surface area contributed by atoms with Crippen molar-refractivity contribution in [3.05, 3.63) is 40.8 Å². The molecule has 1 atom stereocenters. The maximum atomic E-state index is 12.4. The first-order valence-electron chi connectivity index (χ1n) is 8.36. The number of hydrogen-bond acceptors (Lipinski definition) is 4. The van der Waals surface area contributed by atoms with Gasteiger partial charge in [-0.25, -0.2) is 14.5 Å². The minimum absolute atomic E-state index is 0.231. The fourth-order valence-electron chi connectivity index (χ4n) is 2.97. The molecule has 9 heteroatoms. The molecule has 138 valence electrons. The van der Waals surface area contributed by atoms with Crippen molar-refractivity contribution in [2.24, 2.45) is 5.92 Å². The summed E-state index contributed by atoms with van der Waals surface area (Å²) in [5, 5.41) is 16.7. The van der Waals surface area contributed by atoms with Crippen LogP contribution in [0.2, 0.25) is 5.02 Å². The molecule has 0 aliphatic carbocycles. The number of amides is 2. The second-order valence-corrected chi connectivity index (χ2v) is 6.76. The summed E-state index contributed by atoms with van der Waals surface area (Å²) < 4.78 is 1.57. The van der Waals surface area contributed by atoms with E-state index in [-0.39, 0.29) is 19.1 Å². The summed E-state index contributed by atoms with van der Waals surface area (Å²) in [7, 11) is 0. The van der Waals surface area contributed by atoms with Gasteiger partial charge in [-0.2, -0.15) is 5.10 Å². The van der Waals surface area contributed by atoms with Crippen LogP contribution in [0.1, 0.15) is 24.1 Å². The number of likely N-dealkylation sites (tertiary alicyclic amines) is 1. The molecule has 1 fully saturated rings. The van der Waals surface area contributed by atoms with E-state index in [1.807, 2.05) is 19.1 Å². The van der Waals surface area contributed by atoms with Gasteiger partial charge in [-0.3, -0.25) is 4.79 Å². The molecule has 1 aliphatic rings. The van der Waals surface area contributed by atoms with Gasteiger partial charge < -0.3 is 15.3 Å². The number of carboxylic acids is 1. The van der Waals surface area contributed by atoms with E-state index in [2.05, 4.69) is 15.4 Å². The van der Waals surface area contributed by atoms with Crippen molar-refractivity contribution in [1.29, 1.82) is 0 Å². The molecule has 3 heterocycles. The smallest absolute Gasteiger partial charge is 0.317 e. The van der Waals surface area contributed by atoms with Gasteiger partial charge in [-0.15, -0.1) is 0 Å². The van der Waals surface area contributed by atoms with Gasteiger partial charge in [0.2, 0.25) is 0 Å². The minimum Gasteiger partial charge on any atom is -0.481 e. The number of aryl methyl sites for hydroxylation is 1. The number of carboxylic acid groups (broad SMARTS) is 1. The average molecular weight is 378 g/mol. The SMILES string of the molecule is Cc1ccc(CNC(=O)N2CCCC(C(=O)O)C2)c(-n2cc(Cl)cn2)n1. The first-order valence-corrected chi connectivity index (χ1v) is 8.74. The molecule has 2 N–H and O–H groups in total. The lowest BCUT2D eigenvalue weighted by atomic mass is 9.99. The van der Waals surface area contributed by atoms with E-state index in [1.165, 1.54) is 6.20 Å². The third-order valence-electron chi connectivity index (χ3n) is 4.35. The molecule has 1 unspecified atom stereocenters. The van der Waals surface area contributed by atoms with Gasteiger partial charge in [0, 0.05) is 30.9 Å². The summed E-state index contributed by atoms with van der Waals surface area (Å²) in [6, 6.07) is 3.46. The Bertz CT molecular complexity index is 822.